The number of hydrogen-bond acceptors (Lipinski definition) is 3. The molecular weight excluding hydrogens is 233 g/mol. The number of aryl methyl sites for hydroxylation is 1. The van der Waals surface area contributed by atoms with Crippen molar-refractivity contribution in [2.45, 2.75) is 13.1 Å². The Hall–Kier alpha value is -1.98. The predicted octanol–water partition coefficient (Wildman–Crippen LogP) is 3.25. The lowest BCUT2D eigenvalue weighted by atomic mass is 10.0. The van der Waals surface area contributed by atoms with Crippen LogP contribution in [0.25, 0.3) is 11.1 Å². The number of hydrogen-bond donors (Lipinski definition) is 1. The zero-order chi connectivity index (χ0) is 12.6. The number of anilines is 1. The van der Waals surface area contributed by atoms with Crippen LogP contribution in [0.1, 0.15) is 11.3 Å². The Labute approximate surface area is 95.0 Å². The van der Waals surface area contributed by atoms with E-state index in [1.807, 2.05) is 0 Å². The first kappa shape index (κ1) is 11.5. The van der Waals surface area contributed by atoms with Gasteiger partial charge in [-0.15, -0.1) is 0 Å². The van der Waals surface area contributed by atoms with Crippen molar-refractivity contribution in [3.8, 4) is 11.1 Å². The maximum Gasteiger partial charge on any atom is 0.416 e. The van der Waals surface area contributed by atoms with Crippen LogP contribution in [0.4, 0.5) is 19.0 Å². The third-order valence-electron chi connectivity index (χ3n) is 2.37. The molecule has 0 unspecified atom stereocenters. The summed E-state index contributed by atoms with van der Waals surface area (Å²) in [5.74, 6) is 0.476. The predicted molar refractivity (Wildman–Crippen MR) is 56.1 cm³/mol. The van der Waals surface area contributed by atoms with E-state index in [4.69, 9.17) is 10.3 Å². The van der Waals surface area contributed by atoms with Crippen LogP contribution in [0.15, 0.2) is 28.8 Å². The van der Waals surface area contributed by atoms with Gasteiger partial charge in [0, 0.05) is 0 Å². The molecule has 1 heterocycles. The van der Waals surface area contributed by atoms with Gasteiger partial charge in [-0.05, 0) is 24.6 Å². The van der Waals surface area contributed by atoms with Crippen molar-refractivity contribution in [3.63, 3.8) is 0 Å². The van der Waals surface area contributed by atoms with Crippen LogP contribution in [0.2, 0.25) is 0 Å². The minimum atomic E-state index is -4.38. The molecule has 0 aliphatic carbocycles. The van der Waals surface area contributed by atoms with Crippen LogP contribution in [-0.2, 0) is 6.18 Å². The highest BCUT2D eigenvalue weighted by Gasteiger charge is 2.30. The molecule has 0 amide bonds. The Balaban J connectivity index is 2.55. The average molecular weight is 242 g/mol. The smallest absolute Gasteiger partial charge is 0.380 e. The van der Waals surface area contributed by atoms with E-state index < -0.39 is 11.7 Å². The molecule has 0 aliphatic rings. The molecule has 0 saturated carbocycles. The Morgan fingerprint density at radius 2 is 2.00 bits per heavy atom. The maximum absolute atomic E-state index is 12.5. The van der Waals surface area contributed by atoms with Gasteiger partial charge in [0.2, 0.25) is 0 Å². The van der Waals surface area contributed by atoms with Gasteiger partial charge in [-0.2, -0.15) is 13.2 Å². The van der Waals surface area contributed by atoms with Crippen molar-refractivity contribution >= 4 is 5.82 Å². The molecule has 0 spiro atoms. The largest absolute Gasteiger partial charge is 0.416 e. The average Bonchev–Trinajstić information content (AvgIpc) is 2.57. The minimum Gasteiger partial charge on any atom is -0.380 e. The molecule has 2 aromatic rings. The molecule has 0 aliphatic heterocycles. The van der Waals surface area contributed by atoms with Gasteiger partial charge >= 0.3 is 6.18 Å². The van der Waals surface area contributed by atoms with E-state index in [0.717, 1.165) is 12.1 Å². The van der Waals surface area contributed by atoms with Crippen molar-refractivity contribution in [3.05, 3.63) is 35.6 Å². The van der Waals surface area contributed by atoms with Gasteiger partial charge in [-0.3, -0.25) is 0 Å². The van der Waals surface area contributed by atoms with Gasteiger partial charge in [0.15, 0.2) is 5.82 Å². The Kier molecular flexibility index (Phi) is 2.57. The summed E-state index contributed by atoms with van der Waals surface area (Å²) in [4.78, 5) is 0. The van der Waals surface area contributed by atoms with Crippen molar-refractivity contribution in [2.24, 2.45) is 0 Å². The summed E-state index contributed by atoms with van der Waals surface area (Å²) >= 11 is 0. The second kappa shape index (κ2) is 3.80. The first-order valence-electron chi connectivity index (χ1n) is 4.79. The van der Waals surface area contributed by atoms with Crippen LogP contribution in [-0.4, -0.2) is 5.16 Å². The third kappa shape index (κ3) is 2.11. The summed E-state index contributed by atoms with van der Waals surface area (Å²) in [5.41, 5.74) is 5.56. The van der Waals surface area contributed by atoms with Crippen LogP contribution >= 0.6 is 0 Å². The van der Waals surface area contributed by atoms with Crippen molar-refractivity contribution in [1.29, 1.82) is 0 Å². The van der Waals surface area contributed by atoms with Gasteiger partial charge in [-0.1, -0.05) is 17.3 Å². The minimum absolute atomic E-state index is 0.0850. The number of nitrogens with two attached hydrogens (primary N) is 1. The highest BCUT2D eigenvalue weighted by molar-refractivity contribution is 5.75. The molecule has 0 saturated heterocycles. The molecule has 1 aromatic heterocycles. The van der Waals surface area contributed by atoms with Crippen molar-refractivity contribution in [1.82, 2.24) is 5.16 Å². The number of alkyl halides is 3. The molecule has 0 fully saturated rings. The van der Waals surface area contributed by atoms with E-state index in [1.165, 1.54) is 12.1 Å². The van der Waals surface area contributed by atoms with Crippen molar-refractivity contribution < 1.29 is 17.7 Å². The number of halogens is 3. The second-order valence-electron chi connectivity index (χ2n) is 3.58. The molecular formula is C11H9F3N2O. The third-order valence-corrected chi connectivity index (χ3v) is 2.37. The number of nitrogens with zero attached hydrogens (tertiary/aromatic N) is 1. The van der Waals surface area contributed by atoms with Gasteiger partial charge in [-0.25, -0.2) is 0 Å². The first-order valence-corrected chi connectivity index (χ1v) is 4.79. The number of nitrogen functional groups attached to an aromatic ring is 1. The lowest BCUT2D eigenvalue weighted by Gasteiger charge is -2.08. The zero-order valence-corrected chi connectivity index (χ0v) is 8.88. The topological polar surface area (TPSA) is 52.0 Å². The number of rotatable bonds is 1. The summed E-state index contributed by atoms with van der Waals surface area (Å²) in [7, 11) is 0. The Morgan fingerprint density at radius 1 is 1.29 bits per heavy atom. The molecule has 0 atom stereocenters. The van der Waals surface area contributed by atoms with Crippen LogP contribution in [0, 0.1) is 6.92 Å². The summed E-state index contributed by atoms with van der Waals surface area (Å²) in [6.45, 7) is 1.60. The molecule has 2 rings (SSSR count). The van der Waals surface area contributed by atoms with Gasteiger partial charge in [0.05, 0.1) is 11.1 Å². The van der Waals surface area contributed by atoms with E-state index in [-0.39, 0.29) is 5.82 Å². The Morgan fingerprint density at radius 3 is 2.53 bits per heavy atom. The fourth-order valence-electron chi connectivity index (χ4n) is 1.59. The molecule has 6 heteroatoms. The summed E-state index contributed by atoms with van der Waals surface area (Å²) in [6, 6.07) is 4.88. The van der Waals surface area contributed by atoms with Gasteiger partial charge < -0.3 is 10.3 Å². The molecule has 0 bridgehead atoms. The molecule has 2 N–H and O–H groups in total. The van der Waals surface area contributed by atoms with Crippen LogP contribution in [0.3, 0.4) is 0 Å². The normalized spacial score (nSPS) is 11.8. The van der Waals surface area contributed by atoms with Crippen LogP contribution in [0.5, 0.6) is 0 Å². The SMILES string of the molecule is Cc1onc(N)c1-c1cccc(C(F)(F)F)c1. The fourth-order valence-corrected chi connectivity index (χ4v) is 1.59. The lowest BCUT2D eigenvalue weighted by molar-refractivity contribution is -0.137. The fraction of sp³-hybridized carbons (Fsp3) is 0.182. The van der Waals surface area contributed by atoms with E-state index in [2.05, 4.69) is 5.16 Å². The second-order valence-corrected chi connectivity index (χ2v) is 3.58. The maximum atomic E-state index is 12.5. The Bertz CT molecular complexity index is 526. The first-order chi connectivity index (χ1) is 7.89. The van der Waals surface area contributed by atoms with E-state index >= 15 is 0 Å². The quantitative estimate of drug-likeness (QED) is 0.835. The molecule has 1 aromatic carbocycles. The van der Waals surface area contributed by atoms with E-state index in [1.54, 1.807) is 6.92 Å². The zero-order valence-electron chi connectivity index (χ0n) is 8.88. The molecule has 0 radical (unpaired) electrons. The summed E-state index contributed by atoms with van der Waals surface area (Å²) in [5, 5.41) is 3.51. The monoisotopic (exact) mass is 242 g/mol. The van der Waals surface area contributed by atoms with E-state index in [9.17, 15) is 13.2 Å². The molecule has 3 nitrogen and oxygen atoms in total. The van der Waals surface area contributed by atoms with Gasteiger partial charge in [0.1, 0.15) is 5.76 Å². The van der Waals surface area contributed by atoms with Crippen molar-refractivity contribution in [2.75, 3.05) is 5.73 Å². The highest BCUT2D eigenvalue weighted by Crippen LogP contribution is 2.34. The van der Waals surface area contributed by atoms with Crippen LogP contribution < -0.4 is 5.73 Å². The number of benzene rings is 1. The standard InChI is InChI=1S/C11H9F3N2O/c1-6-9(10(15)16-17-6)7-3-2-4-8(5-7)11(12,13)14/h2-5H,1H3,(H2,15,16). The van der Waals surface area contributed by atoms with E-state index in [0.29, 0.717) is 16.9 Å². The summed E-state index contributed by atoms with van der Waals surface area (Å²) < 4.78 is 42.4. The summed E-state index contributed by atoms with van der Waals surface area (Å²) in [6.07, 6.45) is -4.38. The highest BCUT2D eigenvalue weighted by atomic mass is 19.4. The lowest BCUT2D eigenvalue weighted by Crippen LogP contribution is -2.04. The molecule has 17 heavy (non-hydrogen) atoms. The molecule has 90 valence electrons. The van der Waals surface area contributed by atoms with Gasteiger partial charge in [0.25, 0.3) is 0 Å². The number of aromatic nitrogens is 1.